The van der Waals surface area contributed by atoms with Crippen molar-refractivity contribution in [3.05, 3.63) is 42.2 Å². The van der Waals surface area contributed by atoms with E-state index < -0.39 is 0 Å². The second-order valence-corrected chi connectivity index (χ2v) is 6.93. The minimum Gasteiger partial charge on any atom is -0.497 e. The molecule has 1 N–H and O–H groups in total. The fourth-order valence-electron chi connectivity index (χ4n) is 4.16. The Balaban J connectivity index is 0.00000121. The lowest BCUT2D eigenvalue weighted by atomic mass is 9.85. The smallest absolute Gasteiger partial charge is 0.119 e. The van der Waals surface area contributed by atoms with Gasteiger partial charge in [-0.2, -0.15) is 5.10 Å². The van der Waals surface area contributed by atoms with Crippen LogP contribution >= 0.6 is 24.8 Å². The Hall–Kier alpha value is -1.27. The van der Waals surface area contributed by atoms with Crippen molar-refractivity contribution in [2.24, 2.45) is 5.92 Å². The summed E-state index contributed by atoms with van der Waals surface area (Å²) >= 11 is 0. The third-order valence-electron chi connectivity index (χ3n) is 5.41. The second-order valence-electron chi connectivity index (χ2n) is 6.93. The number of aromatic nitrogens is 2. The third-order valence-corrected chi connectivity index (χ3v) is 5.41. The monoisotopic (exact) mass is 398 g/mol. The van der Waals surface area contributed by atoms with Gasteiger partial charge in [0.1, 0.15) is 5.75 Å². The molecule has 1 aromatic carbocycles. The minimum atomic E-state index is 0. The van der Waals surface area contributed by atoms with Gasteiger partial charge in [0.25, 0.3) is 0 Å². The first-order chi connectivity index (χ1) is 11.8. The maximum Gasteiger partial charge on any atom is 0.119 e. The summed E-state index contributed by atoms with van der Waals surface area (Å²) in [6.45, 7) is 4.49. The van der Waals surface area contributed by atoms with E-state index in [0.29, 0.717) is 0 Å². The molecule has 0 aliphatic carbocycles. The van der Waals surface area contributed by atoms with Crippen molar-refractivity contribution in [3.8, 4) is 11.4 Å². The van der Waals surface area contributed by atoms with Crippen LogP contribution in [0.25, 0.3) is 5.69 Å². The van der Waals surface area contributed by atoms with Gasteiger partial charge >= 0.3 is 0 Å². The summed E-state index contributed by atoms with van der Waals surface area (Å²) in [7, 11) is 1.73. The summed E-state index contributed by atoms with van der Waals surface area (Å²) < 4.78 is 7.39. The lowest BCUT2D eigenvalue weighted by Crippen LogP contribution is -2.51. The summed E-state index contributed by atoms with van der Waals surface area (Å²) in [4.78, 5) is 2.59. The third kappa shape index (κ3) is 4.52. The molecule has 3 heterocycles. The first-order valence-corrected chi connectivity index (χ1v) is 8.96. The van der Waals surface area contributed by atoms with E-state index >= 15 is 0 Å². The Bertz CT molecular complexity index is 680. The van der Waals surface area contributed by atoms with Crippen LogP contribution in [-0.2, 0) is 6.54 Å². The Morgan fingerprint density at radius 1 is 1.27 bits per heavy atom. The average molecular weight is 399 g/mol. The molecule has 0 saturated carbocycles. The van der Waals surface area contributed by atoms with Gasteiger partial charge in [0.05, 0.1) is 12.8 Å². The quantitative estimate of drug-likeness (QED) is 0.857. The van der Waals surface area contributed by atoms with Crippen LogP contribution in [-0.4, -0.2) is 47.5 Å². The lowest BCUT2D eigenvalue weighted by molar-refractivity contribution is 0.109. The van der Waals surface area contributed by atoms with Crippen molar-refractivity contribution >= 4 is 24.8 Å². The molecule has 2 aliphatic heterocycles. The number of ether oxygens (including phenoxy) is 1. The number of fused-ring (bicyclic) bond motifs is 1. The van der Waals surface area contributed by atoms with Gasteiger partial charge in [0, 0.05) is 31.5 Å². The molecule has 2 aromatic rings. The molecule has 4 rings (SSSR count). The number of hydrogen-bond donors (Lipinski definition) is 1. The molecule has 0 radical (unpaired) electrons. The first-order valence-electron chi connectivity index (χ1n) is 8.96. The van der Waals surface area contributed by atoms with Gasteiger partial charge in [-0.05, 0) is 68.1 Å². The predicted molar refractivity (Wildman–Crippen MR) is 109 cm³/mol. The standard InChI is InChI=1S/C19H26N4O.2ClH/c1-24-17-5-6-19(23-10-3-9-21-23)16(12-17)14-22-11-7-18-15(13-22)4-2-8-20-18;;/h3,5-6,9-10,12,15,18,20H,2,4,7-8,11,13-14H2,1H3;2*1H/t15-,18+;;/m1../s1. The molecule has 2 aliphatic rings. The van der Waals surface area contributed by atoms with Crippen LogP contribution in [0, 0.1) is 5.92 Å². The molecule has 0 spiro atoms. The Morgan fingerprint density at radius 3 is 2.92 bits per heavy atom. The average Bonchev–Trinajstić information content (AvgIpc) is 3.16. The molecular formula is C19H28Cl2N4O. The SMILES string of the molecule is COc1ccc(-n2cccn2)c(CN2CC[C@@H]3NCCC[C@@H]3C2)c1.Cl.Cl. The molecule has 2 fully saturated rings. The van der Waals surface area contributed by atoms with Gasteiger partial charge in [0.2, 0.25) is 0 Å². The highest BCUT2D eigenvalue weighted by Gasteiger charge is 2.31. The number of methoxy groups -OCH3 is 1. The number of halogens is 2. The highest BCUT2D eigenvalue weighted by molar-refractivity contribution is 5.85. The summed E-state index contributed by atoms with van der Waals surface area (Å²) in [6.07, 6.45) is 7.76. The fourth-order valence-corrected chi connectivity index (χ4v) is 4.16. The van der Waals surface area contributed by atoms with E-state index in [1.807, 2.05) is 29.2 Å². The van der Waals surface area contributed by atoms with Crippen LogP contribution in [0.4, 0.5) is 0 Å². The van der Waals surface area contributed by atoms with Gasteiger partial charge in [-0.3, -0.25) is 4.90 Å². The number of likely N-dealkylation sites (tertiary alicyclic amines) is 1. The maximum absolute atomic E-state index is 5.44. The summed E-state index contributed by atoms with van der Waals surface area (Å²) in [6, 6.07) is 8.97. The number of benzene rings is 1. The van der Waals surface area contributed by atoms with Gasteiger partial charge in [-0.1, -0.05) is 0 Å². The van der Waals surface area contributed by atoms with Crippen LogP contribution in [0.15, 0.2) is 36.7 Å². The summed E-state index contributed by atoms with van der Waals surface area (Å²) in [5, 5.41) is 8.11. The Labute approximate surface area is 167 Å². The topological polar surface area (TPSA) is 42.3 Å². The molecule has 2 atom stereocenters. The van der Waals surface area contributed by atoms with Crippen LogP contribution in [0.1, 0.15) is 24.8 Å². The molecule has 5 nitrogen and oxygen atoms in total. The number of hydrogen-bond acceptors (Lipinski definition) is 4. The van der Waals surface area contributed by atoms with E-state index in [1.165, 1.54) is 37.9 Å². The molecule has 144 valence electrons. The lowest BCUT2D eigenvalue weighted by Gasteiger charge is -2.42. The Kier molecular flexibility index (Phi) is 7.77. The largest absolute Gasteiger partial charge is 0.497 e. The molecule has 0 bridgehead atoms. The summed E-state index contributed by atoms with van der Waals surface area (Å²) in [5.74, 6) is 1.71. The zero-order chi connectivity index (χ0) is 16.4. The van der Waals surface area contributed by atoms with Gasteiger partial charge in [0.15, 0.2) is 0 Å². The van der Waals surface area contributed by atoms with E-state index in [2.05, 4.69) is 27.4 Å². The molecule has 26 heavy (non-hydrogen) atoms. The van der Waals surface area contributed by atoms with Crippen molar-refractivity contribution in [1.29, 1.82) is 0 Å². The van der Waals surface area contributed by atoms with Crippen LogP contribution in [0.3, 0.4) is 0 Å². The van der Waals surface area contributed by atoms with Crippen LogP contribution in [0.2, 0.25) is 0 Å². The minimum absolute atomic E-state index is 0. The number of nitrogens with zero attached hydrogens (tertiary/aromatic N) is 3. The van der Waals surface area contributed by atoms with Crippen molar-refractivity contribution in [3.63, 3.8) is 0 Å². The highest BCUT2D eigenvalue weighted by Crippen LogP contribution is 2.28. The predicted octanol–water partition coefficient (Wildman–Crippen LogP) is 3.30. The van der Waals surface area contributed by atoms with Crippen LogP contribution in [0.5, 0.6) is 5.75 Å². The second kappa shape index (κ2) is 9.60. The molecular weight excluding hydrogens is 371 g/mol. The van der Waals surface area contributed by atoms with E-state index in [-0.39, 0.29) is 24.8 Å². The van der Waals surface area contributed by atoms with Gasteiger partial charge < -0.3 is 10.1 Å². The van der Waals surface area contributed by atoms with E-state index in [0.717, 1.165) is 36.5 Å². The van der Waals surface area contributed by atoms with Crippen molar-refractivity contribution in [2.45, 2.75) is 31.8 Å². The first kappa shape index (κ1) is 21.0. The van der Waals surface area contributed by atoms with Crippen LogP contribution < -0.4 is 10.1 Å². The number of piperidine rings is 2. The normalized spacial score (nSPS) is 22.7. The summed E-state index contributed by atoms with van der Waals surface area (Å²) in [5.41, 5.74) is 2.42. The van der Waals surface area contributed by atoms with E-state index in [9.17, 15) is 0 Å². The molecule has 7 heteroatoms. The van der Waals surface area contributed by atoms with Crippen molar-refractivity contribution in [2.75, 3.05) is 26.7 Å². The van der Waals surface area contributed by atoms with Gasteiger partial charge in [-0.15, -0.1) is 24.8 Å². The number of rotatable bonds is 4. The van der Waals surface area contributed by atoms with E-state index in [4.69, 9.17) is 4.74 Å². The molecule has 0 amide bonds. The fraction of sp³-hybridized carbons (Fsp3) is 0.526. The maximum atomic E-state index is 5.44. The zero-order valence-electron chi connectivity index (χ0n) is 15.1. The zero-order valence-corrected chi connectivity index (χ0v) is 16.8. The van der Waals surface area contributed by atoms with Gasteiger partial charge in [-0.25, -0.2) is 4.68 Å². The molecule has 2 saturated heterocycles. The highest BCUT2D eigenvalue weighted by atomic mass is 35.5. The number of nitrogens with one attached hydrogen (secondary N) is 1. The van der Waals surface area contributed by atoms with E-state index in [1.54, 1.807) is 7.11 Å². The Morgan fingerprint density at radius 2 is 2.15 bits per heavy atom. The van der Waals surface area contributed by atoms with Crippen molar-refractivity contribution < 1.29 is 4.74 Å². The molecule has 0 unspecified atom stereocenters. The van der Waals surface area contributed by atoms with Crippen molar-refractivity contribution in [1.82, 2.24) is 20.0 Å². The molecule has 1 aromatic heterocycles.